The molecule has 0 aliphatic carbocycles. The zero-order valence-electron chi connectivity index (χ0n) is 10.00. The van der Waals surface area contributed by atoms with E-state index in [4.69, 9.17) is 0 Å². The second-order valence-corrected chi connectivity index (χ2v) is 4.63. The minimum absolute atomic E-state index is 0.0734. The van der Waals surface area contributed by atoms with Crippen LogP contribution in [0.2, 0.25) is 0 Å². The standard InChI is InChI=1S/C12H15F2NO2/c1-12(2,17)7-15(3)11(16)8-4-9(13)6-10(14)5-8/h4-6,17H,7H2,1-3H3. The van der Waals surface area contributed by atoms with Crippen molar-refractivity contribution in [1.82, 2.24) is 4.90 Å². The molecule has 0 heterocycles. The van der Waals surface area contributed by atoms with Crippen molar-refractivity contribution in [3.05, 3.63) is 35.4 Å². The van der Waals surface area contributed by atoms with Gasteiger partial charge in [0.2, 0.25) is 0 Å². The molecule has 0 radical (unpaired) electrons. The number of aliphatic hydroxyl groups is 1. The molecule has 1 rings (SSSR count). The van der Waals surface area contributed by atoms with Crippen LogP contribution in [-0.4, -0.2) is 35.1 Å². The van der Waals surface area contributed by atoms with Crippen LogP contribution in [0.4, 0.5) is 8.78 Å². The van der Waals surface area contributed by atoms with Crippen LogP contribution < -0.4 is 0 Å². The highest BCUT2D eigenvalue weighted by Crippen LogP contribution is 2.12. The van der Waals surface area contributed by atoms with Crippen molar-refractivity contribution in [1.29, 1.82) is 0 Å². The Bertz CT molecular complexity index is 407. The summed E-state index contributed by atoms with van der Waals surface area (Å²) in [5.74, 6) is -2.14. The Morgan fingerprint density at radius 1 is 1.29 bits per heavy atom. The van der Waals surface area contributed by atoms with Crippen LogP contribution in [0.3, 0.4) is 0 Å². The monoisotopic (exact) mass is 243 g/mol. The van der Waals surface area contributed by atoms with E-state index < -0.39 is 23.1 Å². The smallest absolute Gasteiger partial charge is 0.253 e. The Balaban J connectivity index is 2.89. The van der Waals surface area contributed by atoms with Crippen molar-refractivity contribution < 1.29 is 18.7 Å². The first-order chi connectivity index (χ1) is 7.69. The first kappa shape index (κ1) is 13.6. The van der Waals surface area contributed by atoms with Crippen molar-refractivity contribution in [3.8, 4) is 0 Å². The first-order valence-corrected chi connectivity index (χ1v) is 5.13. The summed E-state index contributed by atoms with van der Waals surface area (Å²) < 4.78 is 25.9. The predicted molar refractivity (Wildman–Crippen MR) is 59.6 cm³/mol. The van der Waals surface area contributed by atoms with Gasteiger partial charge in [-0.15, -0.1) is 0 Å². The van der Waals surface area contributed by atoms with Crippen molar-refractivity contribution in [2.24, 2.45) is 0 Å². The van der Waals surface area contributed by atoms with E-state index in [1.165, 1.54) is 11.9 Å². The summed E-state index contributed by atoms with van der Waals surface area (Å²) in [4.78, 5) is 13.0. The maximum atomic E-state index is 12.9. The van der Waals surface area contributed by atoms with Crippen LogP contribution in [-0.2, 0) is 0 Å². The van der Waals surface area contributed by atoms with Crippen LogP contribution in [0.15, 0.2) is 18.2 Å². The second-order valence-electron chi connectivity index (χ2n) is 4.63. The van der Waals surface area contributed by atoms with Gasteiger partial charge in [-0.1, -0.05) is 0 Å². The van der Waals surface area contributed by atoms with E-state index in [1.54, 1.807) is 13.8 Å². The van der Waals surface area contributed by atoms with Gasteiger partial charge in [0.15, 0.2) is 0 Å². The summed E-state index contributed by atoms with van der Waals surface area (Å²) in [6, 6.07) is 2.63. The van der Waals surface area contributed by atoms with Crippen LogP contribution in [0, 0.1) is 11.6 Å². The average Bonchev–Trinajstić information content (AvgIpc) is 2.12. The highest BCUT2D eigenvalue weighted by Gasteiger charge is 2.21. The molecule has 17 heavy (non-hydrogen) atoms. The third-order valence-corrected chi connectivity index (χ3v) is 2.08. The maximum absolute atomic E-state index is 12.9. The summed E-state index contributed by atoms with van der Waals surface area (Å²) in [7, 11) is 1.46. The zero-order valence-corrected chi connectivity index (χ0v) is 10.00. The molecule has 0 fully saturated rings. The number of hydrogen-bond donors (Lipinski definition) is 1. The zero-order chi connectivity index (χ0) is 13.2. The fraction of sp³-hybridized carbons (Fsp3) is 0.417. The molecule has 0 aromatic heterocycles. The van der Waals surface area contributed by atoms with E-state index in [2.05, 4.69) is 0 Å². The molecule has 0 atom stereocenters. The van der Waals surface area contributed by atoms with Crippen LogP contribution in [0.25, 0.3) is 0 Å². The molecular formula is C12H15F2NO2. The molecule has 0 saturated heterocycles. The van der Waals surface area contributed by atoms with E-state index in [-0.39, 0.29) is 12.1 Å². The Morgan fingerprint density at radius 3 is 2.18 bits per heavy atom. The van der Waals surface area contributed by atoms with Crippen LogP contribution in [0.5, 0.6) is 0 Å². The van der Waals surface area contributed by atoms with Gasteiger partial charge >= 0.3 is 0 Å². The minimum Gasteiger partial charge on any atom is -0.389 e. The first-order valence-electron chi connectivity index (χ1n) is 5.13. The van der Waals surface area contributed by atoms with Gasteiger partial charge in [-0.2, -0.15) is 0 Å². The average molecular weight is 243 g/mol. The highest BCUT2D eigenvalue weighted by molar-refractivity contribution is 5.94. The van der Waals surface area contributed by atoms with E-state index in [0.717, 1.165) is 12.1 Å². The Hall–Kier alpha value is -1.49. The van der Waals surface area contributed by atoms with E-state index in [1.807, 2.05) is 0 Å². The normalized spacial score (nSPS) is 11.4. The number of carbonyl (C=O) groups is 1. The summed E-state index contributed by atoms with van der Waals surface area (Å²) in [5, 5.41) is 9.55. The van der Waals surface area contributed by atoms with Crippen molar-refractivity contribution in [2.45, 2.75) is 19.4 Å². The number of nitrogens with zero attached hydrogens (tertiary/aromatic N) is 1. The number of hydrogen-bond acceptors (Lipinski definition) is 2. The van der Waals surface area contributed by atoms with E-state index >= 15 is 0 Å². The van der Waals surface area contributed by atoms with Gasteiger partial charge in [-0.25, -0.2) is 8.78 Å². The number of amides is 1. The third kappa shape index (κ3) is 4.11. The van der Waals surface area contributed by atoms with Gasteiger partial charge in [-0.3, -0.25) is 4.79 Å². The highest BCUT2D eigenvalue weighted by atomic mass is 19.1. The maximum Gasteiger partial charge on any atom is 0.253 e. The quantitative estimate of drug-likeness (QED) is 0.879. The number of halogens is 2. The fourth-order valence-corrected chi connectivity index (χ4v) is 1.55. The van der Waals surface area contributed by atoms with E-state index in [0.29, 0.717) is 6.07 Å². The van der Waals surface area contributed by atoms with Crippen LogP contribution >= 0.6 is 0 Å². The Labute approximate surface area is 98.7 Å². The van der Waals surface area contributed by atoms with Gasteiger partial charge in [-0.05, 0) is 26.0 Å². The molecule has 1 aromatic carbocycles. The third-order valence-electron chi connectivity index (χ3n) is 2.08. The summed E-state index contributed by atoms with van der Waals surface area (Å²) in [5.41, 5.74) is -1.13. The molecule has 3 nitrogen and oxygen atoms in total. The van der Waals surface area contributed by atoms with Crippen LogP contribution in [0.1, 0.15) is 24.2 Å². The lowest BCUT2D eigenvalue weighted by Gasteiger charge is -2.25. The number of rotatable bonds is 3. The molecule has 5 heteroatoms. The number of benzene rings is 1. The molecule has 0 spiro atoms. The molecule has 94 valence electrons. The van der Waals surface area contributed by atoms with Crippen molar-refractivity contribution in [3.63, 3.8) is 0 Å². The summed E-state index contributed by atoms with van der Waals surface area (Å²) in [6.45, 7) is 3.16. The fourth-order valence-electron chi connectivity index (χ4n) is 1.55. The minimum atomic E-state index is -1.06. The lowest BCUT2D eigenvalue weighted by Crippen LogP contribution is -2.39. The molecule has 0 saturated carbocycles. The van der Waals surface area contributed by atoms with Crippen molar-refractivity contribution >= 4 is 5.91 Å². The molecule has 1 N–H and O–H groups in total. The Kier molecular flexibility index (Phi) is 3.83. The molecule has 0 bridgehead atoms. The second kappa shape index (κ2) is 4.79. The summed E-state index contributed by atoms with van der Waals surface area (Å²) in [6.07, 6.45) is 0. The van der Waals surface area contributed by atoms with Crippen molar-refractivity contribution in [2.75, 3.05) is 13.6 Å². The lowest BCUT2D eigenvalue weighted by atomic mass is 10.1. The van der Waals surface area contributed by atoms with Gasteiger partial charge in [0.05, 0.1) is 5.60 Å². The summed E-state index contributed by atoms with van der Waals surface area (Å²) >= 11 is 0. The number of likely N-dealkylation sites (N-methyl/N-ethyl adjacent to an activating group) is 1. The molecule has 1 amide bonds. The number of carbonyl (C=O) groups excluding carboxylic acids is 1. The topological polar surface area (TPSA) is 40.5 Å². The molecule has 0 aliphatic rings. The van der Waals surface area contributed by atoms with Gasteiger partial charge in [0.25, 0.3) is 5.91 Å². The molecule has 0 aliphatic heterocycles. The Morgan fingerprint density at radius 2 is 1.76 bits per heavy atom. The largest absolute Gasteiger partial charge is 0.389 e. The lowest BCUT2D eigenvalue weighted by molar-refractivity contribution is 0.0367. The molecular weight excluding hydrogens is 228 g/mol. The van der Waals surface area contributed by atoms with E-state index in [9.17, 15) is 18.7 Å². The van der Waals surface area contributed by atoms with Gasteiger partial charge in [0, 0.05) is 25.2 Å². The SMILES string of the molecule is CN(CC(C)(C)O)C(=O)c1cc(F)cc(F)c1. The molecule has 0 unspecified atom stereocenters. The van der Waals surface area contributed by atoms with Gasteiger partial charge < -0.3 is 10.0 Å². The molecule has 1 aromatic rings. The van der Waals surface area contributed by atoms with Gasteiger partial charge in [0.1, 0.15) is 11.6 Å². The predicted octanol–water partition coefficient (Wildman–Crippen LogP) is 1.81.